The molecule has 0 bridgehead atoms. The highest BCUT2D eigenvalue weighted by Gasteiger charge is 2.69. The molecule has 3 amide bonds. The Morgan fingerprint density at radius 3 is 1.77 bits per heavy atom. The van der Waals surface area contributed by atoms with Crippen molar-refractivity contribution in [1.29, 1.82) is 0 Å². The summed E-state index contributed by atoms with van der Waals surface area (Å²) in [6, 6.07) is 19.1. The smallest absolute Gasteiger partial charge is 0.242 e. The minimum atomic E-state index is -0.985. The van der Waals surface area contributed by atoms with Gasteiger partial charge in [0.1, 0.15) is 11.5 Å². The quantitative estimate of drug-likeness (QED) is 0.630. The SMILES string of the molecule is CCN1C(=O)[C@@H]2C(=O)N(C)C(c3ccccc3)(c3ccccc3)[C@H]2C1=O. The molecule has 2 heterocycles. The van der Waals surface area contributed by atoms with E-state index in [2.05, 4.69) is 0 Å². The summed E-state index contributed by atoms with van der Waals surface area (Å²) in [6.45, 7) is 2.04. The van der Waals surface area contributed by atoms with Gasteiger partial charge < -0.3 is 4.90 Å². The summed E-state index contributed by atoms with van der Waals surface area (Å²) < 4.78 is 0. The van der Waals surface area contributed by atoms with Crippen LogP contribution in [0.15, 0.2) is 60.7 Å². The first-order valence-electron chi connectivity index (χ1n) is 8.79. The number of carbonyl (C=O) groups excluding carboxylic acids is 3. The molecule has 5 nitrogen and oxygen atoms in total. The van der Waals surface area contributed by atoms with Crippen LogP contribution in [0.1, 0.15) is 18.1 Å². The minimum Gasteiger partial charge on any atom is -0.330 e. The highest BCUT2D eigenvalue weighted by molar-refractivity contribution is 6.17. The van der Waals surface area contributed by atoms with E-state index in [1.165, 1.54) is 4.90 Å². The van der Waals surface area contributed by atoms with Gasteiger partial charge in [0, 0.05) is 13.6 Å². The van der Waals surface area contributed by atoms with Gasteiger partial charge >= 0.3 is 0 Å². The molecule has 26 heavy (non-hydrogen) atoms. The first-order chi connectivity index (χ1) is 12.5. The number of carbonyl (C=O) groups is 3. The Kier molecular flexibility index (Phi) is 3.68. The Hall–Kier alpha value is -2.95. The lowest BCUT2D eigenvalue weighted by Gasteiger charge is -2.40. The van der Waals surface area contributed by atoms with Crippen LogP contribution in [-0.2, 0) is 19.9 Å². The maximum Gasteiger partial charge on any atom is 0.242 e. The molecule has 0 N–H and O–H groups in total. The van der Waals surface area contributed by atoms with Crippen LogP contribution >= 0.6 is 0 Å². The molecule has 2 fully saturated rings. The standard InChI is InChI=1S/C21H20N2O3/c1-3-23-19(25)16-17(20(23)26)21(22(2)18(16)24,14-10-6-4-7-11-14)15-12-8-5-9-13-15/h4-13,16-17H,3H2,1-2H3/t16-,17+/m0/s1. The third-order valence-corrected chi connectivity index (χ3v) is 5.72. The number of hydrogen-bond donors (Lipinski definition) is 0. The van der Waals surface area contributed by atoms with Crippen LogP contribution < -0.4 is 0 Å². The normalized spacial score (nSPS) is 24.3. The number of imide groups is 1. The van der Waals surface area contributed by atoms with Crippen LogP contribution in [0, 0.1) is 11.8 Å². The van der Waals surface area contributed by atoms with Gasteiger partial charge in [-0.05, 0) is 18.1 Å². The number of rotatable bonds is 3. The molecule has 0 spiro atoms. The Bertz CT molecular complexity index is 839. The van der Waals surface area contributed by atoms with Crippen LogP contribution in [0.25, 0.3) is 0 Å². The lowest BCUT2D eigenvalue weighted by molar-refractivity contribution is -0.144. The average molecular weight is 348 g/mol. The molecule has 132 valence electrons. The number of amides is 3. The van der Waals surface area contributed by atoms with E-state index in [0.717, 1.165) is 11.1 Å². The van der Waals surface area contributed by atoms with Gasteiger partial charge in [-0.15, -0.1) is 0 Å². The lowest BCUT2D eigenvalue weighted by atomic mass is 9.71. The summed E-state index contributed by atoms with van der Waals surface area (Å²) in [5.41, 5.74) is 0.698. The molecule has 2 aliphatic heterocycles. The third-order valence-electron chi connectivity index (χ3n) is 5.72. The second-order valence-electron chi connectivity index (χ2n) is 6.77. The molecule has 2 atom stereocenters. The van der Waals surface area contributed by atoms with E-state index < -0.39 is 17.4 Å². The van der Waals surface area contributed by atoms with Gasteiger partial charge in [-0.2, -0.15) is 0 Å². The fraction of sp³-hybridized carbons (Fsp3) is 0.286. The maximum absolute atomic E-state index is 13.2. The molecule has 0 saturated carbocycles. The molecule has 5 heteroatoms. The summed E-state index contributed by atoms with van der Waals surface area (Å²) in [4.78, 5) is 41.9. The van der Waals surface area contributed by atoms with Gasteiger partial charge in [0.2, 0.25) is 17.7 Å². The second-order valence-corrected chi connectivity index (χ2v) is 6.77. The van der Waals surface area contributed by atoms with Crippen molar-refractivity contribution in [2.24, 2.45) is 11.8 Å². The fourth-order valence-electron chi connectivity index (χ4n) is 4.60. The van der Waals surface area contributed by atoms with Gasteiger partial charge in [0.25, 0.3) is 0 Å². The van der Waals surface area contributed by atoms with Crippen LogP contribution in [0.5, 0.6) is 0 Å². The van der Waals surface area contributed by atoms with Gasteiger partial charge in [0.05, 0.1) is 5.92 Å². The van der Waals surface area contributed by atoms with E-state index in [0.29, 0.717) is 0 Å². The van der Waals surface area contributed by atoms with Crippen LogP contribution in [0.2, 0.25) is 0 Å². The predicted octanol–water partition coefficient (Wildman–Crippen LogP) is 2.02. The van der Waals surface area contributed by atoms with Gasteiger partial charge in [-0.25, -0.2) is 0 Å². The van der Waals surface area contributed by atoms with Crippen molar-refractivity contribution in [2.45, 2.75) is 12.5 Å². The van der Waals surface area contributed by atoms with E-state index in [4.69, 9.17) is 0 Å². The summed E-state index contributed by atoms with van der Waals surface area (Å²) in [5.74, 6) is -2.65. The van der Waals surface area contributed by atoms with Crippen molar-refractivity contribution in [2.75, 3.05) is 13.6 Å². The molecular formula is C21H20N2O3. The number of hydrogen-bond acceptors (Lipinski definition) is 3. The van der Waals surface area contributed by atoms with Crippen molar-refractivity contribution in [3.8, 4) is 0 Å². The van der Waals surface area contributed by atoms with Crippen LogP contribution in [-0.4, -0.2) is 41.1 Å². The zero-order chi connectivity index (χ0) is 18.5. The van der Waals surface area contributed by atoms with Crippen molar-refractivity contribution >= 4 is 17.7 Å². The molecule has 2 saturated heterocycles. The molecule has 0 unspecified atom stereocenters. The fourth-order valence-corrected chi connectivity index (χ4v) is 4.60. The Labute approximate surface area is 152 Å². The van der Waals surface area contributed by atoms with Crippen molar-refractivity contribution in [1.82, 2.24) is 9.80 Å². The van der Waals surface area contributed by atoms with Crippen molar-refractivity contribution in [3.63, 3.8) is 0 Å². The van der Waals surface area contributed by atoms with E-state index in [1.807, 2.05) is 60.7 Å². The number of benzene rings is 2. The minimum absolute atomic E-state index is 0.270. The molecule has 2 aromatic carbocycles. The molecule has 2 aromatic rings. The molecule has 0 radical (unpaired) electrons. The molecule has 0 aliphatic carbocycles. The Balaban J connectivity index is 2.04. The maximum atomic E-state index is 13.2. The van der Waals surface area contributed by atoms with E-state index in [1.54, 1.807) is 18.9 Å². The molecule has 4 rings (SSSR count). The molecular weight excluding hydrogens is 328 g/mol. The Morgan fingerprint density at radius 2 is 1.31 bits per heavy atom. The number of fused-ring (bicyclic) bond motifs is 1. The Morgan fingerprint density at radius 1 is 0.808 bits per heavy atom. The topological polar surface area (TPSA) is 57.7 Å². The largest absolute Gasteiger partial charge is 0.330 e. The van der Waals surface area contributed by atoms with Crippen LogP contribution in [0.4, 0.5) is 0 Å². The highest BCUT2D eigenvalue weighted by atomic mass is 16.2. The monoisotopic (exact) mass is 348 g/mol. The predicted molar refractivity (Wildman–Crippen MR) is 95.8 cm³/mol. The summed E-state index contributed by atoms with van der Waals surface area (Å²) in [7, 11) is 1.69. The first-order valence-corrected chi connectivity index (χ1v) is 8.79. The zero-order valence-corrected chi connectivity index (χ0v) is 14.8. The van der Waals surface area contributed by atoms with E-state index in [-0.39, 0.29) is 24.3 Å². The van der Waals surface area contributed by atoms with Crippen molar-refractivity contribution in [3.05, 3.63) is 71.8 Å². The van der Waals surface area contributed by atoms with Gasteiger partial charge in [-0.3, -0.25) is 19.3 Å². The van der Waals surface area contributed by atoms with Crippen LogP contribution in [0.3, 0.4) is 0 Å². The highest BCUT2D eigenvalue weighted by Crippen LogP contribution is 2.54. The van der Waals surface area contributed by atoms with E-state index >= 15 is 0 Å². The number of nitrogens with zero attached hydrogens (tertiary/aromatic N) is 2. The van der Waals surface area contributed by atoms with E-state index in [9.17, 15) is 14.4 Å². The van der Waals surface area contributed by atoms with Crippen molar-refractivity contribution < 1.29 is 14.4 Å². The molecule has 2 aliphatic rings. The van der Waals surface area contributed by atoms with Gasteiger partial charge in [-0.1, -0.05) is 60.7 Å². The molecule has 0 aromatic heterocycles. The lowest BCUT2D eigenvalue weighted by Crippen LogP contribution is -2.49. The average Bonchev–Trinajstić information content (AvgIpc) is 3.07. The third kappa shape index (κ3) is 1.88. The number of likely N-dealkylation sites (tertiary alicyclic amines) is 2. The summed E-state index contributed by atoms with van der Waals surface area (Å²) in [6.07, 6.45) is 0. The second kappa shape index (κ2) is 5.80. The summed E-state index contributed by atoms with van der Waals surface area (Å²) >= 11 is 0. The zero-order valence-electron chi connectivity index (χ0n) is 14.8. The van der Waals surface area contributed by atoms with Gasteiger partial charge in [0.15, 0.2) is 0 Å². The summed E-state index contributed by atoms with van der Waals surface area (Å²) in [5, 5.41) is 0. The first kappa shape index (κ1) is 16.5.